The summed E-state index contributed by atoms with van der Waals surface area (Å²) in [7, 11) is 0. The van der Waals surface area contributed by atoms with Crippen LogP contribution in [0.3, 0.4) is 0 Å². The van der Waals surface area contributed by atoms with Crippen LogP contribution < -0.4 is 10.8 Å². The van der Waals surface area contributed by atoms with E-state index in [1.165, 1.54) is 0 Å². The highest BCUT2D eigenvalue weighted by molar-refractivity contribution is 5.81. The third-order valence-electron chi connectivity index (χ3n) is 3.92. The maximum Gasteiger partial charge on any atom is 0.408 e. The van der Waals surface area contributed by atoms with E-state index < -0.39 is 23.7 Å². The van der Waals surface area contributed by atoms with Crippen molar-refractivity contribution in [2.75, 3.05) is 6.54 Å². The Bertz CT molecular complexity index is 775. The van der Waals surface area contributed by atoms with Gasteiger partial charge in [0.05, 0.1) is 6.61 Å². The van der Waals surface area contributed by atoms with Crippen LogP contribution in [-0.4, -0.2) is 30.3 Å². The number of carbonyl (C=O) groups is 2. The first-order valence-electron chi connectivity index (χ1n) is 9.92. The molecule has 0 heterocycles. The first kappa shape index (κ1) is 23.4. The van der Waals surface area contributed by atoms with E-state index in [-0.39, 0.29) is 13.0 Å². The summed E-state index contributed by atoms with van der Waals surface area (Å²) in [5.41, 5.74) is 4.04. The highest BCUT2D eigenvalue weighted by Crippen LogP contribution is 2.09. The Labute approximate surface area is 177 Å². The maximum atomic E-state index is 12.5. The summed E-state index contributed by atoms with van der Waals surface area (Å²) < 4.78 is 10.6. The number of ether oxygens (including phenoxy) is 2. The second kappa shape index (κ2) is 11.9. The van der Waals surface area contributed by atoms with Gasteiger partial charge in [-0.1, -0.05) is 60.7 Å². The van der Waals surface area contributed by atoms with Gasteiger partial charge in [0.15, 0.2) is 0 Å². The van der Waals surface area contributed by atoms with Crippen LogP contribution in [0.5, 0.6) is 0 Å². The first-order valence-corrected chi connectivity index (χ1v) is 9.92. The number of nitrogens with one attached hydrogen (secondary N) is 2. The summed E-state index contributed by atoms with van der Waals surface area (Å²) in [5, 5.41) is 2.59. The molecule has 0 bridgehead atoms. The first-order chi connectivity index (χ1) is 14.3. The molecule has 1 atom stereocenters. The monoisotopic (exact) mass is 414 g/mol. The fourth-order valence-electron chi connectivity index (χ4n) is 2.51. The molecule has 2 N–H and O–H groups in total. The molecule has 0 saturated heterocycles. The van der Waals surface area contributed by atoms with Gasteiger partial charge in [0, 0.05) is 6.54 Å². The lowest BCUT2D eigenvalue weighted by Crippen LogP contribution is -2.45. The average Bonchev–Trinajstić information content (AvgIpc) is 2.71. The Kier molecular flexibility index (Phi) is 9.31. The van der Waals surface area contributed by atoms with Crippen LogP contribution >= 0.6 is 0 Å². The quantitative estimate of drug-likeness (QED) is 0.350. The molecule has 0 saturated carbocycles. The lowest BCUT2D eigenvalue weighted by atomic mass is 10.2. The molecule has 30 heavy (non-hydrogen) atoms. The number of hydrogen-bond donors (Lipinski definition) is 2. The lowest BCUT2D eigenvalue weighted by molar-refractivity contribution is -0.147. The van der Waals surface area contributed by atoms with Gasteiger partial charge in [0.25, 0.3) is 0 Å². The van der Waals surface area contributed by atoms with E-state index in [1.807, 2.05) is 60.7 Å². The highest BCUT2D eigenvalue weighted by atomic mass is 16.6. The van der Waals surface area contributed by atoms with Crippen LogP contribution in [0.4, 0.5) is 4.79 Å². The van der Waals surface area contributed by atoms with Crippen LogP contribution in [0.25, 0.3) is 0 Å². The SMILES string of the molecule is CC(C)(C)OC(=O)N[C@@H](CCNOCc1ccccc1)C(=O)OCc1ccccc1. The third-order valence-corrected chi connectivity index (χ3v) is 3.92. The van der Waals surface area contributed by atoms with E-state index >= 15 is 0 Å². The predicted molar refractivity (Wildman–Crippen MR) is 113 cm³/mol. The van der Waals surface area contributed by atoms with E-state index in [1.54, 1.807) is 20.8 Å². The lowest BCUT2D eigenvalue weighted by Gasteiger charge is -2.23. The Morgan fingerprint density at radius 3 is 2.03 bits per heavy atom. The summed E-state index contributed by atoms with van der Waals surface area (Å²) >= 11 is 0. The zero-order valence-corrected chi connectivity index (χ0v) is 17.7. The summed E-state index contributed by atoms with van der Waals surface area (Å²) in [6.07, 6.45) is -0.392. The van der Waals surface area contributed by atoms with Crippen molar-refractivity contribution in [3.05, 3.63) is 71.8 Å². The molecule has 7 nitrogen and oxygen atoms in total. The van der Waals surface area contributed by atoms with Crippen LogP contribution in [0.15, 0.2) is 60.7 Å². The van der Waals surface area contributed by atoms with Gasteiger partial charge in [-0.25, -0.2) is 15.1 Å². The Morgan fingerprint density at radius 2 is 1.47 bits per heavy atom. The molecule has 0 unspecified atom stereocenters. The fourth-order valence-corrected chi connectivity index (χ4v) is 2.51. The molecule has 7 heteroatoms. The second-order valence-corrected chi connectivity index (χ2v) is 7.75. The molecular weight excluding hydrogens is 384 g/mol. The van der Waals surface area contributed by atoms with E-state index in [4.69, 9.17) is 14.3 Å². The molecule has 0 spiro atoms. The molecule has 0 aliphatic carbocycles. The Hall–Kier alpha value is -2.90. The van der Waals surface area contributed by atoms with Gasteiger partial charge in [-0.15, -0.1) is 0 Å². The number of benzene rings is 2. The van der Waals surface area contributed by atoms with Crippen LogP contribution in [0.1, 0.15) is 38.3 Å². The van der Waals surface area contributed by atoms with Crippen LogP contribution in [0.2, 0.25) is 0 Å². The highest BCUT2D eigenvalue weighted by Gasteiger charge is 2.25. The molecule has 1 amide bonds. The number of rotatable bonds is 10. The number of amides is 1. The van der Waals surface area contributed by atoms with E-state index in [0.29, 0.717) is 13.2 Å². The van der Waals surface area contributed by atoms with Gasteiger partial charge in [-0.2, -0.15) is 0 Å². The Balaban J connectivity index is 1.84. The zero-order chi connectivity index (χ0) is 21.8. The van der Waals surface area contributed by atoms with Gasteiger partial charge < -0.3 is 14.8 Å². The minimum atomic E-state index is -0.864. The van der Waals surface area contributed by atoms with Gasteiger partial charge in [0.2, 0.25) is 0 Å². The van der Waals surface area contributed by atoms with Gasteiger partial charge in [-0.05, 0) is 38.3 Å². The zero-order valence-electron chi connectivity index (χ0n) is 17.7. The maximum absolute atomic E-state index is 12.5. The van der Waals surface area contributed by atoms with E-state index in [9.17, 15) is 9.59 Å². The number of hydrogen-bond acceptors (Lipinski definition) is 6. The van der Waals surface area contributed by atoms with Crippen molar-refractivity contribution >= 4 is 12.1 Å². The molecule has 0 fully saturated rings. The number of carbonyl (C=O) groups excluding carboxylic acids is 2. The van der Waals surface area contributed by atoms with Crippen LogP contribution in [-0.2, 0) is 32.3 Å². The van der Waals surface area contributed by atoms with Crippen LogP contribution in [0, 0.1) is 0 Å². The normalized spacial score (nSPS) is 12.1. The topological polar surface area (TPSA) is 85.9 Å². The predicted octanol–water partition coefficient (Wildman–Crippen LogP) is 3.73. The van der Waals surface area contributed by atoms with E-state index in [2.05, 4.69) is 10.8 Å². The standard InChI is InChI=1S/C23H30N2O5/c1-23(2,3)30-22(27)25-20(21(26)28-16-18-10-6-4-7-11-18)14-15-24-29-17-19-12-8-5-9-13-19/h4-13,20,24H,14-17H2,1-3H3,(H,25,27)/t20-/m0/s1. The van der Waals surface area contributed by atoms with Crippen molar-refractivity contribution in [3.63, 3.8) is 0 Å². The average molecular weight is 415 g/mol. The van der Waals surface area contributed by atoms with Crippen molar-refractivity contribution < 1.29 is 23.9 Å². The molecule has 0 radical (unpaired) electrons. The molecule has 2 aromatic rings. The number of alkyl carbamates (subject to hydrolysis) is 1. The second-order valence-electron chi connectivity index (χ2n) is 7.75. The molecule has 0 aliphatic heterocycles. The molecule has 2 rings (SSSR count). The van der Waals surface area contributed by atoms with E-state index in [0.717, 1.165) is 11.1 Å². The number of hydroxylamine groups is 1. The fraction of sp³-hybridized carbons (Fsp3) is 0.391. The molecule has 162 valence electrons. The minimum Gasteiger partial charge on any atom is -0.459 e. The van der Waals surface area contributed by atoms with Gasteiger partial charge in [-0.3, -0.25) is 4.84 Å². The van der Waals surface area contributed by atoms with Crippen molar-refractivity contribution in [2.24, 2.45) is 0 Å². The van der Waals surface area contributed by atoms with Gasteiger partial charge >= 0.3 is 12.1 Å². The largest absolute Gasteiger partial charge is 0.459 e. The van der Waals surface area contributed by atoms with Crippen molar-refractivity contribution in [2.45, 2.75) is 52.0 Å². The minimum absolute atomic E-state index is 0.129. The summed E-state index contributed by atoms with van der Waals surface area (Å²) in [6, 6.07) is 18.2. The third kappa shape index (κ3) is 9.54. The Morgan fingerprint density at radius 1 is 0.900 bits per heavy atom. The number of esters is 1. The molecule has 0 aromatic heterocycles. The van der Waals surface area contributed by atoms with Crippen molar-refractivity contribution in [3.8, 4) is 0 Å². The molecule has 2 aromatic carbocycles. The summed E-state index contributed by atoms with van der Waals surface area (Å²) in [5.74, 6) is -0.533. The molecular formula is C23H30N2O5. The van der Waals surface area contributed by atoms with Crippen molar-refractivity contribution in [1.29, 1.82) is 0 Å². The summed E-state index contributed by atoms with van der Waals surface area (Å²) in [6.45, 7) is 6.14. The van der Waals surface area contributed by atoms with Crippen molar-refractivity contribution in [1.82, 2.24) is 10.8 Å². The summed E-state index contributed by atoms with van der Waals surface area (Å²) in [4.78, 5) is 30.1. The molecule has 0 aliphatic rings. The van der Waals surface area contributed by atoms with Gasteiger partial charge in [0.1, 0.15) is 18.2 Å². The smallest absolute Gasteiger partial charge is 0.408 e.